The quantitative estimate of drug-likeness (QED) is 0.714. The van der Waals surface area contributed by atoms with Gasteiger partial charge in [0.2, 0.25) is 0 Å². The standard InChI is InChI=1S/C10H12N2O/c1-2-4-9-12-10-7(11)5-3-6-8(10)13-9/h3,5-6H,2,4,11H2,1H3. The molecule has 1 aromatic heterocycles. The number of hydrogen-bond donors (Lipinski definition) is 1. The van der Waals surface area contributed by atoms with E-state index in [1.54, 1.807) is 0 Å². The molecule has 0 atom stereocenters. The van der Waals surface area contributed by atoms with Gasteiger partial charge in [0.1, 0.15) is 5.52 Å². The molecule has 13 heavy (non-hydrogen) atoms. The lowest BCUT2D eigenvalue weighted by Gasteiger charge is -1.89. The van der Waals surface area contributed by atoms with Crippen LogP contribution in [-0.2, 0) is 6.42 Å². The van der Waals surface area contributed by atoms with Gasteiger partial charge < -0.3 is 10.2 Å². The lowest BCUT2D eigenvalue weighted by atomic mass is 10.3. The molecule has 0 spiro atoms. The third kappa shape index (κ3) is 1.37. The van der Waals surface area contributed by atoms with Gasteiger partial charge in [-0.05, 0) is 18.6 Å². The molecule has 2 rings (SSSR count). The third-order valence-electron chi connectivity index (χ3n) is 1.96. The predicted octanol–water partition coefficient (Wildman–Crippen LogP) is 2.36. The molecular weight excluding hydrogens is 164 g/mol. The van der Waals surface area contributed by atoms with Crippen molar-refractivity contribution in [3.63, 3.8) is 0 Å². The second-order valence-corrected chi connectivity index (χ2v) is 3.05. The minimum absolute atomic E-state index is 0.684. The van der Waals surface area contributed by atoms with E-state index in [4.69, 9.17) is 10.2 Å². The molecule has 2 N–H and O–H groups in total. The predicted molar refractivity (Wildman–Crippen MR) is 52.4 cm³/mol. The number of nitrogen functional groups attached to an aromatic ring is 1. The van der Waals surface area contributed by atoms with Crippen molar-refractivity contribution >= 4 is 16.8 Å². The van der Waals surface area contributed by atoms with E-state index in [2.05, 4.69) is 11.9 Å². The van der Waals surface area contributed by atoms with E-state index in [1.807, 2.05) is 18.2 Å². The van der Waals surface area contributed by atoms with E-state index < -0.39 is 0 Å². The Morgan fingerprint density at radius 3 is 3.00 bits per heavy atom. The van der Waals surface area contributed by atoms with Crippen LogP contribution in [0.4, 0.5) is 5.69 Å². The summed E-state index contributed by atoms with van der Waals surface area (Å²) in [5, 5.41) is 0. The number of fused-ring (bicyclic) bond motifs is 1. The first-order valence-corrected chi connectivity index (χ1v) is 4.45. The second kappa shape index (κ2) is 3.09. The number of anilines is 1. The van der Waals surface area contributed by atoms with E-state index >= 15 is 0 Å². The molecule has 0 aliphatic carbocycles. The van der Waals surface area contributed by atoms with Gasteiger partial charge in [-0.2, -0.15) is 0 Å². The molecule has 0 fully saturated rings. The fourth-order valence-corrected chi connectivity index (χ4v) is 1.34. The van der Waals surface area contributed by atoms with Crippen molar-refractivity contribution in [2.75, 3.05) is 5.73 Å². The maximum absolute atomic E-state index is 5.74. The number of para-hydroxylation sites is 1. The molecule has 0 saturated carbocycles. The van der Waals surface area contributed by atoms with Gasteiger partial charge in [0.05, 0.1) is 5.69 Å². The zero-order chi connectivity index (χ0) is 9.26. The summed E-state index contributed by atoms with van der Waals surface area (Å²) < 4.78 is 5.50. The lowest BCUT2D eigenvalue weighted by Crippen LogP contribution is -1.86. The zero-order valence-corrected chi connectivity index (χ0v) is 7.58. The van der Waals surface area contributed by atoms with Gasteiger partial charge >= 0.3 is 0 Å². The van der Waals surface area contributed by atoms with Crippen LogP contribution in [0.25, 0.3) is 11.1 Å². The summed E-state index contributed by atoms with van der Waals surface area (Å²) in [6.07, 6.45) is 1.90. The Balaban J connectivity index is 2.55. The number of oxazole rings is 1. The highest BCUT2D eigenvalue weighted by Gasteiger charge is 2.06. The van der Waals surface area contributed by atoms with Crippen LogP contribution in [0.2, 0.25) is 0 Å². The van der Waals surface area contributed by atoms with E-state index in [9.17, 15) is 0 Å². The summed E-state index contributed by atoms with van der Waals surface area (Å²) in [7, 11) is 0. The highest BCUT2D eigenvalue weighted by Crippen LogP contribution is 2.21. The average molecular weight is 176 g/mol. The van der Waals surface area contributed by atoms with Crippen molar-refractivity contribution < 1.29 is 4.42 Å². The van der Waals surface area contributed by atoms with E-state index in [1.165, 1.54) is 0 Å². The normalized spacial score (nSPS) is 10.8. The summed E-state index contributed by atoms with van der Waals surface area (Å²) in [5.74, 6) is 0.774. The van der Waals surface area contributed by atoms with Gasteiger partial charge in [-0.1, -0.05) is 13.0 Å². The molecule has 2 aromatic rings. The maximum Gasteiger partial charge on any atom is 0.195 e. The first kappa shape index (κ1) is 8.10. The molecule has 0 unspecified atom stereocenters. The smallest absolute Gasteiger partial charge is 0.195 e. The molecule has 3 nitrogen and oxygen atoms in total. The van der Waals surface area contributed by atoms with E-state index in [-0.39, 0.29) is 0 Å². The van der Waals surface area contributed by atoms with Crippen molar-refractivity contribution in [2.24, 2.45) is 0 Å². The van der Waals surface area contributed by atoms with E-state index in [0.717, 1.165) is 29.8 Å². The highest BCUT2D eigenvalue weighted by atomic mass is 16.3. The molecule has 68 valence electrons. The number of aromatic nitrogens is 1. The number of nitrogens with zero attached hydrogens (tertiary/aromatic N) is 1. The Morgan fingerprint density at radius 2 is 2.31 bits per heavy atom. The molecule has 0 amide bonds. The molecule has 0 radical (unpaired) electrons. The number of aryl methyl sites for hydroxylation is 1. The van der Waals surface area contributed by atoms with Gasteiger partial charge in [0, 0.05) is 6.42 Å². The Labute approximate surface area is 76.6 Å². The number of hydrogen-bond acceptors (Lipinski definition) is 3. The summed E-state index contributed by atoms with van der Waals surface area (Å²) in [6, 6.07) is 5.59. The summed E-state index contributed by atoms with van der Waals surface area (Å²) in [4.78, 5) is 4.31. The van der Waals surface area contributed by atoms with Crippen LogP contribution in [0.5, 0.6) is 0 Å². The highest BCUT2D eigenvalue weighted by molar-refractivity contribution is 5.85. The Hall–Kier alpha value is -1.51. The van der Waals surface area contributed by atoms with Crippen LogP contribution in [0.1, 0.15) is 19.2 Å². The first-order chi connectivity index (χ1) is 6.31. The first-order valence-electron chi connectivity index (χ1n) is 4.45. The van der Waals surface area contributed by atoms with Crippen molar-refractivity contribution in [1.82, 2.24) is 4.98 Å². The average Bonchev–Trinajstić information content (AvgIpc) is 2.49. The number of rotatable bonds is 2. The molecule has 0 saturated heterocycles. The van der Waals surface area contributed by atoms with Gasteiger partial charge in [-0.15, -0.1) is 0 Å². The zero-order valence-electron chi connectivity index (χ0n) is 7.58. The molecule has 0 aliphatic heterocycles. The van der Waals surface area contributed by atoms with Gasteiger partial charge in [0.25, 0.3) is 0 Å². The van der Waals surface area contributed by atoms with Crippen molar-refractivity contribution in [3.8, 4) is 0 Å². The van der Waals surface area contributed by atoms with Crippen LogP contribution in [-0.4, -0.2) is 4.98 Å². The van der Waals surface area contributed by atoms with Crippen molar-refractivity contribution in [1.29, 1.82) is 0 Å². The van der Waals surface area contributed by atoms with Gasteiger partial charge in [-0.3, -0.25) is 0 Å². The lowest BCUT2D eigenvalue weighted by molar-refractivity contribution is 0.525. The van der Waals surface area contributed by atoms with Crippen LogP contribution in [0.3, 0.4) is 0 Å². The Kier molecular flexibility index (Phi) is 1.93. The van der Waals surface area contributed by atoms with Crippen molar-refractivity contribution in [2.45, 2.75) is 19.8 Å². The number of nitrogens with two attached hydrogens (primary N) is 1. The minimum atomic E-state index is 0.684. The number of benzene rings is 1. The molecule has 1 aromatic carbocycles. The molecular formula is C10H12N2O. The molecule has 0 aliphatic rings. The largest absolute Gasteiger partial charge is 0.441 e. The minimum Gasteiger partial charge on any atom is -0.441 e. The van der Waals surface area contributed by atoms with Crippen LogP contribution < -0.4 is 5.73 Å². The van der Waals surface area contributed by atoms with Crippen molar-refractivity contribution in [3.05, 3.63) is 24.1 Å². The monoisotopic (exact) mass is 176 g/mol. The Morgan fingerprint density at radius 1 is 1.46 bits per heavy atom. The van der Waals surface area contributed by atoms with Gasteiger partial charge in [0.15, 0.2) is 11.5 Å². The fourth-order valence-electron chi connectivity index (χ4n) is 1.34. The SMILES string of the molecule is CCCc1nc2c(N)cccc2o1. The summed E-state index contributed by atoms with van der Waals surface area (Å²) >= 11 is 0. The topological polar surface area (TPSA) is 52.0 Å². The summed E-state index contributed by atoms with van der Waals surface area (Å²) in [5.41, 5.74) is 7.99. The third-order valence-corrected chi connectivity index (χ3v) is 1.96. The van der Waals surface area contributed by atoms with Crippen LogP contribution in [0, 0.1) is 0 Å². The summed E-state index contributed by atoms with van der Waals surface area (Å²) in [6.45, 7) is 2.10. The Bertz CT molecular complexity index is 420. The fraction of sp³-hybridized carbons (Fsp3) is 0.300. The van der Waals surface area contributed by atoms with E-state index in [0.29, 0.717) is 5.69 Å². The molecule has 0 bridgehead atoms. The van der Waals surface area contributed by atoms with Gasteiger partial charge in [-0.25, -0.2) is 4.98 Å². The molecule has 3 heteroatoms. The second-order valence-electron chi connectivity index (χ2n) is 3.05. The maximum atomic E-state index is 5.74. The molecule has 1 heterocycles. The van der Waals surface area contributed by atoms with Crippen LogP contribution >= 0.6 is 0 Å². The van der Waals surface area contributed by atoms with Crippen LogP contribution in [0.15, 0.2) is 22.6 Å².